The van der Waals surface area contributed by atoms with Crippen LogP contribution in [0.25, 0.3) is 11.3 Å². The third kappa shape index (κ3) is 5.19. The second kappa shape index (κ2) is 8.31. The Labute approximate surface area is 173 Å². The van der Waals surface area contributed by atoms with E-state index in [1.807, 2.05) is 51.1 Å². The molecule has 3 rings (SSSR count). The van der Waals surface area contributed by atoms with E-state index >= 15 is 0 Å². The Morgan fingerprint density at radius 3 is 2.41 bits per heavy atom. The number of phenols is 1. The summed E-state index contributed by atoms with van der Waals surface area (Å²) in [6, 6.07) is 11.6. The van der Waals surface area contributed by atoms with Crippen molar-refractivity contribution in [1.82, 2.24) is 9.88 Å². The molecule has 1 fully saturated rings. The number of amides is 1. The normalized spacial score (nSPS) is 15.0. The molecule has 1 aliphatic rings. The Balaban J connectivity index is 1.71. The van der Waals surface area contributed by atoms with Crippen molar-refractivity contribution in [2.45, 2.75) is 46.1 Å². The summed E-state index contributed by atoms with van der Waals surface area (Å²) < 4.78 is 5.47. The minimum absolute atomic E-state index is 0.235. The van der Waals surface area contributed by atoms with Crippen LogP contribution < -0.4 is 4.90 Å². The van der Waals surface area contributed by atoms with E-state index in [9.17, 15) is 9.90 Å². The first-order chi connectivity index (χ1) is 13.6. The second-order valence-electron chi connectivity index (χ2n) is 8.76. The number of pyridine rings is 1. The summed E-state index contributed by atoms with van der Waals surface area (Å²) in [6.07, 6.45) is -0.260. The third-order valence-electron chi connectivity index (χ3n) is 4.94. The molecule has 156 valence electrons. The number of piperazine rings is 1. The van der Waals surface area contributed by atoms with Crippen LogP contribution in [0.2, 0.25) is 0 Å². The van der Waals surface area contributed by atoms with Crippen molar-refractivity contribution in [3.05, 3.63) is 42.0 Å². The SMILES string of the molecule is CC(C)c1cc(-c2cccc(N3CCN(C(=O)OC(C)(C)C)CC3)n2)ccc1O. The highest BCUT2D eigenvalue weighted by Crippen LogP contribution is 2.31. The fourth-order valence-electron chi connectivity index (χ4n) is 3.38. The van der Waals surface area contributed by atoms with Gasteiger partial charge in [-0.1, -0.05) is 19.9 Å². The molecule has 0 bridgehead atoms. The van der Waals surface area contributed by atoms with Crippen LogP contribution >= 0.6 is 0 Å². The Bertz CT molecular complexity index is 866. The van der Waals surface area contributed by atoms with Crippen LogP contribution in [-0.4, -0.2) is 52.9 Å². The molecule has 6 nitrogen and oxygen atoms in total. The third-order valence-corrected chi connectivity index (χ3v) is 4.94. The lowest BCUT2D eigenvalue weighted by atomic mass is 9.98. The van der Waals surface area contributed by atoms with Crippen molar-refractivity contribution in [3.8, 4) is 17.0 Å². The van der Waals surface area contributed by atoms with Crippen LogP contribution in [0, 0.1) is 0 Å². The predicted molar refractivity (Wildman–Crippen MR) is 115 cm³/mol. The number of rotatable bonds is 3. The molecular weight excluding hydrogens is 366 g/mol. The molecule has 29 heavy (non-hydrogen) atoms. The molecule has 0 radical (unpaired) electrons. The number of hydrogen-bond acceptors (Lipinski definition) is 5. The number of anilines is 1. The summed E-state index contributed by atoms with van der Waals surface area (Å²) in [5, 5.41) is 10.1. The highest BCUT2D eigenvalue weighted by Gasteiger charge is 2.26. The maximum Gasteiger partial charge on any atom is 0.410 e. The maximum atomic E-state index is 12.3. The topological polar surface area (TPSA) is 65.9 Å². The quantitative estimate of drug-likeness (QED) is 0.818. The van der Waals surface area contributed by atoms with Crippen LogP contribution in [0.1, 0.15) is 46.1 Å². The number of aromatic nitrogens is 1. The highest BCUT2D eigenvalue weighted by molar-refractivity contribution is 5.69. The molecular formula is C23H31N3O3. The van der Waals surface area contributed by atoms with Gasteiger partial charge in [0.15, 0.2) is 0 Å². The van der Waals surface area contributed by atoms with Gasteiger partial charge in [0.05, 0.1) is 5.69 Å². The minimum atomic E-state index is -0.483. The Morgan fingerprint density at radius 2 is 1.79 bits per heavy atom. The first kappa shape index (κ1) is 21.0. The van der Waals surface area contributed by atoms with Gasteiger partial charge in [0, 0.05) is 31.7 Å². The zero-order chi connectivity index (χ0) is 21.2. The largest absolute Gasteiger partial charge is 0.508 e. The summed E-state index contributed by atoms with van der Waals surface area (Å²) >= 11 is 0. The van der Waals surface area contributed by atoms with Gasteiger partial charge in [-0.3, -0.25) is 0 Å². The number of carbonyl (C=O) groups is 1. The molecule has 0 aliphatic carbocycles. The zero-order valence-electron chi connectivity index (χ0n) is 18.0. The molecule has 0 spiro atoms. The summed E-state index contributed by atoms with van der Waals surface area (Å²) in [5.74, 6) is 1.45. The van der Waals surface area contributed by atoms with Gasteiger partial charge in [-0.25, -0.2) is 9.78 Å². The smallest absolute Gasteiger partial charge is 0.410 e. The summed E-state index contributed by atoms with van der Waals surface area (Å²) in [5.41, 5.74) is 2.30. The van der Waals surface area contributed by atoms with Gasteiger partial charge in [0.25, 0.3) is 0 Å². The van der Waals surface area contributed by atoms with Gasteiger partial charge in [-0.2, -0.15) is 0 Å². The average Bonchev–Trinajstić information content (AvgIpc) is 2.67. The predicted octanol–water partition coefficient (Wildman–Crippen LogP) is 4.63. The van der Waals surface area contributed by atoms with Crippen LogP contribution in [0.4, 0.5) is 10.6 Å². The molecule has 1 aliphatic heterocycles. The van der Waals surface area contributed by atoms with Crippen molar-refractivity contribution in [3.63, 3.8) is 0 Å². The fourth-order valence-corrected chi connectivity index (χ4v) is 3.38. The number of hydrogen-bond donors (Lipinski definition) is 1. The number of benzene rings is 1. The molecule has 2 aromatic rings. The second-order valence-corrected chi connectivity index (χ2v) is 8.76. The molecule has 1 aromatic heterocycles. The van der Waals surface area contributed by atoms with Gasteiger partial charge < -0.3 is 19.6 Å². The first-order valence-corrected chi connectivity index (χ1v) is 10.2. The van der Waals surface area contributed by atoms with Crippen molar-refractivity contribution in [1.29, 1.82) is 0 Å². The van der Waals surface area contributed by atoms with Gasteiger partial charge in [-0.05, 0) is 62.6 Å². The zero-order valence-corrected chi connectivity index (χ0v) is 18.0. The van der Waals surface area contributed by atoms with E-state index in [-0.39, 0.29) is 12.0 Å². The van der Waals surface area contributed by atoms with E-state index < -0.39 is 5.60 Å². The lowest BCUT2D eigenvalue weighted by Crippen LogP contribution is -2.50. The number of aromatic hydroxyl groups is 1. The summed E-state index contributed by atoms with van der Waals surface area (Å²) in [4.78, 5) is 21.0. The minimum Gasteiger partial charge on any atom is -0.508 e. The molecule has 1 aromatic carbocycles. The van der Waals surface area contributed by atoms with Crippen molar-refractivity contribution < 1.29 is 14.6 Å². The molecule has 1 saturated heterocycles. The number of ether oxygens (including phenoxy) is 1. The van der Waals surface area contributed by atoms with Gasteiger partial charge in [0.1, 0.15) is 17.2 Å². The number of nitrogens with zero attached hydrogens (tertiary/aromatic N) is 3. The van der Waals surface area contributed by atoms with E-state index in [0.29, 0.717) is 31.9 Å². The maximum absolute atomic E-state index is 12.3. The van der Waals surface area contributed by atoms with E-state index in [4.69, 9.17) is 9.72 Å². The number of carbonyl (C=O) groups excluding carboxylic acids is 1. The lowest BCUT2D eigenvalue weighted by molar-refractivity contribution is 0.0240. The standard InChI is InChI=1S/C23H31N3O3/c1-16(2)18-15-17(9-10-20(18)27)19-7-6-8-21(24-19)25-11-13-26(14-12-25)22(28)29-23(3,4)5/h6-10,15-16,27H,11-14H2,1-5H3. The van der Waals surface area contributed by atoms with Crippen LogP contribution in [0.3, 0.4) is 0 Å². The van der Waals surface area contributed by atoms with Gasteiger partial charge in [0.2, 0.25) is 0 Å². The molecule has 1 N–H and O–H groups in total. The van der Waals surface area contributed by atoms with E-state index in [0.717, 1.165) is 22.6 Å². The molecule has 0 saturated carbocycles. The van der Waals surface area contributed by atoms with Crippen molar-refractivity contribution >= 4 is 11.9 Å². The Kier molecular flexibility index (Phi) is 6.01. The molecule has 0 unspecified atom stereocenters. The lowest BCUT2D eigenvalue weighted by Gasteiger charge is -2.36. The monoisotopic (exact) mass is 397 g/mol. The van der Waals surface area contributed by atoms with Gasteiger partial charge in [-0.15, -0.1) is 0 Å². The van der Waals surface area contributed by atoms with E-state index in [2.05, 4.69) is 18.7 Å². The summed E-state index contributed by atoms with van der Waals surface area (Å²) in [6.45, 7) is 12.4. The van der Waals surface area contributed by atoms with Crippen LogP contribution in [0.15, 0.2) is 36.4 Å². The van der Waals surface area contributed by atoms with Crippen LogP contribution in [-0.2, 0) is 4.74 Å². The highest BCUT2D eigenvalue weighted by atomic mass is 16.6. The van der Waals surface area contributed by atoms with E-state index in [1.54, 1.807) is 11.0 Å². The van der Waals surface area contributed by atoms with Gasteiger partial charge >= 0.3 is 6.09 Å². The number of phenolic OH excluding ortho intramolecular Hbond substituents is 1. The molecule has 6 heteroatoms. The Morgan fingerprint density at radius 1 is 1.10 bits per heavy atom. The van der Waals surface area contributed by atoms with Crippen molar-refractivity contribution in [2.75, 3.05) is 31.1 Å². The van der Waals surface area contributed by atoms with Crippen molar-refractivity contribution in [2.24, 2.45) is 0 Å². The molecule has 0 atom stereocenters. The van der Waals surface area contributed by atoms with Crippen LogP contribution in [0.5, 0.6) is 5.75 Å². The average molecular weight is 398 g/mol. The molecule has 2 heterocycles. The first-order valence-electron chi connectivity index (χ1n) is 10.2. The fraction of sp³-hybridized carbons (Fsp3) is 0.478. The van der Waals surface area contributed by atoms with E-state index in [1.165, 1.54) is 0 Å². The molecule has 1 amide bonds. The Hall–Kier alpha value is -2.76. The summed E-state index contributed by atoms with van der Waals surface area (Å²) in [7, 11) is 0.